The Labute approximate surface area is 329 Å². The van der Waals surface area contributed by atoms with Gasteiger partial charge in [-0.2, -0.15) is 4.98 Å². The maximum absolute atomic E-state index is 7.01. The predicted octanol–water partition coefficient (Wildman–Crippen LogP) is 14.6. The molecular weight excluding hydrogens is 685 g/mol. The van der Waals surface area contributed by atoms with E-state index in [0.29, 0.717) is 17.7 Å². The Bertz CT molecular complexity index is 2860. The van der Waals surface area contributed by atoms with Crippen LogP contribution in [0.4, 0.5) is 0 Å². The third-order valence-electron chi connectivity index (χ3n) is 13.7. The Morgan fingerprint density at radius 3 is 1.93 bits per heavy atom. The molecule has 56 heavy (non-hydrogen) atoms. The molecule has 3 aliphatic rings. The summed E-state index contributed by atoms with van der Waals surface area (Å²) in [6, 6.07) is 40.5. The van der Waals surface area contributed by atoms with E-state index in [0.717, 1.165) is 33.6 Å². The number of hydrogen-bond acceptors (Lipinski definition) is 3. The summed E-state index contributed by atoms with van der Waals surface area (Å²) in [5, 5.41) is 0. The van der Waals surface area contributed by atoms with Crippen LogP contribution in [0.15, 0.2) is 114 Å². The lowest BCUT2D eigenvalue weighted by Gasteiger charge is -2.36. The molecule has 3 heterocycles. The summed E-state index contributed by atoms with van der Waals surface area (Å²) in [4.78, 5) is 5.26. The zero-order valence-corrected chi connectivity index (χ0v) is 32.9. The quantitative estimate of drug-likeness (QED) is 0.177. The minimum Gasteiger partial charge on any atom is -0.456 e. The first-order valence-corrected chi connectivity index (χ1v) is 20.8. The molecule has 4 heteroatoms. The van der Waals surface area contributed by atoms with Crippen molar-refractivity contribution in [3.05, 3.63) is 143 Å². The van der Waals surface area contributed by atoms with Gasteiger partial charge in [0.1, 0.15) is 17.0 Å². The van der Waals surface area contributed by atoms with Gasteiger partial charge in [-0.05, 0) is 132 Å². The zero-order chi connectivity index (χ0) is 37.7. The van der Waals surface area contributed by atoms with Gasteiger partial charge in [0.25, 0.3) is 0 Å². The summed E-state index contributed by atoms with van der Waals surface area (Å²) in [6.07, 6.45) is 10.0. The first-order valence-electron chi connectivity index (χ1n) is 20.8. The van der Waals surface area contributed by atoms with E-state index in [1.807, 2.05) is 12.1 Å². The van der Waals surface area contributed by atoms with E-state index in [1.54, 1.807) is 0 Å². The molecule has 0 amide bonds. The van der Waals surface area contributed by atoms with E-state index >= 15 is 0 Å². The second kappa shape index (κ2) is 12.7. The van der Waals surface area contributed by atoms with Crippen molar-refractivity contribution >= 4 is 28.0 Å². The summed E-state index contributed by atoms with van der Waals surface area (Å²) in [7, 11) is 0. The topological polar surface area (TPSA) is 39.7 Å². The molecule has 4 nitrogen and oxygen atoms in total. The maximum atomic E-state index is 7.01. The number of rotatable bonds is 5. The molecule has 2 aromatic heterocycles. The highest BCUT2D eigenvalue weighted by atomic mass is 16.5. The fourth-order valence-electron chi connectivity index (χ4n) is 10.7. The summed E-state index contributed by atoms with van der Waals surface area (Å²) < 4.78 is 15.5. The number of aryl methyl sites for hydroxylation is 2. The summed E-state index contributed by atoms with van der Waals surface area (Å²) in [5.41, 5.74) is 19.3. The largest absolute Gasteiger partial charge is 0.456 e. The zero-order valence-electron chi connectivity index (χ0n) is 32.9. The third-order valence-corrected chi connectivity index (χ3v) is 13.7. The molecule has 2 saturated carbocycles. The molecule has 1 aliphatic heterocycles. The number of ether oxygens (including phenoxy) is 1. The van der Waals surface area contributed by atoms with Crippen LogP contribution in [0.1, 0.15) is 110 Å². The predicted molar refractivity (Wildman–Crippen MR) is 229 cm³/mol. The fraction of sp³-hybridized carbons (Fsp3) is 0.288. The second-order valence-corrected chi connectivity index (χ2v) is 17.3. The minimum absolute atomic E-state index is 0.177. The summed E-state index contributed by atoms with van der Waals surface area (Å²) in [5.74, 6) is 3.72. The lowest BCUT2D eigenvalue weighted by Crippen LogP contribution is -2.25. The van der Waals surface area contributed by atoms with E-state index in [9.17, 15) is 0 Å². The highest BCUT2D eigenvalue weighted by Crippen LogP contribution is 2.55. The van der Waals surface area contributed by atoms with Crippen LogP contribution in [0.3, 0.4) is 0 Å². The van der Waals surface area contributed by atoms with Gasteiger partial charge in [0.2, 0.25) is 0 Å². The molecule has 0 radical (unpaired) electrons. The van der Waals surface area contributed by atoms with Gasteiger partial charge in [-0.15, -0.1) is 0 Å². The molecule has 8 aromatic rings. The van der Waals surface area contributed by atoms with Crippen molar-refractivity contribution in [2.45, 2.75) is 96.3 Å². The first-order chi connectivity index (χ1) is 27.3. The van der Waals surface area contributed by atoms with Crippen LogP contribution in [0.5, 0.6) is 11.5 Å². The van der Waals surface area contributed by atoms with E-state index in [2.05, 4.69) is 129 Å². The fourth-order valence-corrected chi connectivity index (χ4v) is 10.7. The Kier molecular flexibility index (Phi) is 7.65. The Hall–Kier alpha value is -5.61. The molecule has 0 N–H and O–H groups in total. The van der Waals surface area contributed by atoms with Crippen LogP contribution in [-0.4, -0.2) is 9.38 Å². The molecule has 0 unspecified atom stereocenters. The van der Waals surface area contributed by atoms with Crippen molar-refractivity contribution in [1.82, 2.24) is 9.38 Å². The van der Waals surface area contributed by atoms with Crippen LogP contribution >= 0.6 is 0 Å². The standard InChI is InChI=1S/C52H48N2O2/c1-31-21-23-35(47-37(33-13-5-6-14-33)26-28-44-49(47)53-51-54(44)43-18-10-12-20-46(43)56-51)29-39(31)40-30-36(24-22-32(40)2)48-38(34-15-7-8-16-34)25-27-42-50(48)55-45-19-11-9-17-41(45)52(42,3)4/h9-12,17-30,33-34H,5-8,13-16H2,1-4H3. The van der Waals surface area contributed by atoms with E-state index < -0.39 is 0 Å². The lowest BCUT2D eigenvalue weighted by molar-refractivity contribution is 0.418. The van der Waals surface area contributed by atoms with Crippen LogP contribution in [0.25, 0.3) is 61.4 Å². The first kappa shape index (κ1) is 33.7. The SMILES string of the molecule is Cc1ccc(-c2c(C3CCCC3)ccc3c2Oc2ccccc2C3(C)C)cc1-c1cc(-c2c(C3CCCC3)ccc3c2nc2oc4ccccc4n23)ccc1C. The van der Waals surface area contributed by atoms with Gasteiger partial charge in [0, 0.05) is 27.7 Å². The Balaban J connectivity index is 1.11. The van der Waals surface area contributed by atoms with Gasteiger partial charge in [-0.3, -0.25) is 4.40 Å². The van der Waals surface area contributed by atoms with Crippen molar-refractivity contribution in [2.24, 2.45) is 0 Å². The number of nitrogens with zero attached hydrogens (tertiary/aromatic N) is 2. The number of para-hydroxylation sites is 3. The monoisotopic (exact) mass is 732 g/mol. The molecule has 2 aliphatic carbocycles. The normalized spacial score (nSPS) is 16.9. The molecular formula is C52H48N2O2. The number of hydrogen-bond donors (Lipinski definition) is 0. The molecule has 6 aromatic carbocycles. The smallest absolute Gasteiger partial charge is 0.307 e. The average Bonchev–Trinajstić information content (AvgIpc) is 4.04. The third kappa shape index (κ3) is 5.07. The second-order valence-electron chi connectivity index (χ2n) is 17.3. The van der Waals surface area contributed by atoms with Gasteiger partial charge >= 0.3 is 5.84 Å². The van der Waals surface area contributed by atoms with Crippen LogP contribution < -0.4 is 4.74 Å². The molecule has 0 atom stereocenters. The molecule has 0 saturated heterocycles. The number of benzene rings is 6. The van der Waals surface area contributed by atoms with Gasteiger partial charge in [0.15, 0.2) is 5.58 Å². The highest BCUT2D eigenvalue weighted by molar-refractivity contribution is 5.99. The summed E-state index contributed by atoms with van der Waals surface area (Å²) >= 11 is 0. The highest BCUT2D eigenvalue weighted by Gasteiger charge is 2.37. The van der Waals surface area contributed by atoms with Crippen LogP contribution in [-0.2, 0) is 5.41 Å². The Morgan fingerprint density at radius 1 is 0.607 bits per heavy atom. The number of imidazole rings is 1. The van der Waals surface area contributed by atoms with Crippen molar-refractivity contribution < 1.29 is 9.15 Å². The number of oxazole rings is 1. The van der Waals surface area contributed by atoms with Gasteiger partial charge in [0.05, 0.1) is 11.0 Å². The summed E-state index contributed by atoms with van der Waals surface area (Å²) in [6.45, 7) is 9.22. The van der Waals surface area contributed by atoms with Gasteiger partial charge in [-0.25, -0.2) is 0 Å². The van der Waals surface area contributed by atoms with E-state index in [4.69, 9.17) is 14.1 Å². The Morgan fingerprint density at radius 2 is 1.21 bits per heavy atom. The van der Waals surface area contributed by atoms with Crippen molar-refractivity contribution in [1.29, 1.82) is 0 Å². The molecule has 278 valence electrons. The van der Waals surface area contributed by atoms with Crippen molar-refractivity contribution in [3.63, 3.8) is 0 Å². The lowest BCUT2D eigenvalue weighted by atomic mass is 9.73. The van der Waals surface area contributed by atoms with Crippen LogP contribution in [0.2, 0.25) is 0 Å². The molecule has 0 spiro atoms. The van der Waals surface area contributed by atoms with Crippen molar-refractivity contribution in [2.75, 3.05) is 0 Å². The molecule has 2 fully saturated rings. The molecule has 11 rings (SSSR count). The maximum Gasteiger partial charge on any atom is 0.307 e. The number of fused-ring (bicyclic) bond motifs is 7. The average molecular weight is 733 g/mol. The van der Waals surface area contributed by atoms with Crippen LogP contribution in [0, 0.1) is 13.8 Å². The van der Waals surface area contributed by atoms with Crippen molar-refractivity contribution in [3.8, 4) is 44.9 Å². The number of aromatic nitrogens is 2. The molecule has 0 bridgehead atoms. The minimum atomic E-state index is -0.177. The van der Waals surface area contributed by atoms with E-state index in [-0.39, 0.29) is 5.41 Å². The van der Waals surface area contributed by atoms with E-state index in [1.165, 1.54) is 118 Å². The van der Waals surface area contributed by atoms with Gasteiger partial charge in [-0.1, -0.05) is 112 Å². The van der Waals surface area contributed by atoms with Gasteiger partial charge < -0.3 is 9.15 Å².